The van der Waals surface area contributed by atoms with E-state index in [0.29, 0.717) is 39.4 Å². The van der Waals surface area contributed by atoms with E-state index in [2.05, 4.69) is 5.10 Å². The lowest BCUT2D eigenvalue weighted by Crippen LogP contribution is -2.13. The molecule has 0 saturated carbocycles. The maximum absolute atomic E-state index is 13.3. The number of hydrogen-bond acceptors (Lipinski definition) is 3. The Kier molecular flexibility index (Phi) is 5.02. The van der Waals surface area contributed by atoms with Gasteiger partial charge in [-0.25, -0.2) is 18.9 Å². The van der Waals surface area contributed by atoms with Gasteiger partial charge in [-0.1, -0.05) is 29.8 Å². The van der Waals surface area contributed by atoms with Gasteiger partial charge >= 0.3 is 5.97 Å². The van der Waals surface area contributed by atoms with Crippen LogP contribution in [0.3, 0.4) is 0 Å². The molecular weight excluding hydrogens is 429 g/mol. The maximum atomic E-state index is 13.3. The first-order valence-corrected chi connectivity index (χ1v) is 10.7. The number of hydrogen-bond donors (Lipinski definition) is 1. The summed E-state index contributed by atoms with van der Waals surface area (Å²) < 4.78 is 14.9. The molecule has 0 unspecified atom stereocenters. The number of carbonyl (C=O) groups is 1. The third-order valence-electron chi connectivity index (χ3n) is 5.82. The summed E-state index contributed by atoms with van der Waals surface area (Å²) in [5, 5.41) is 15.5. The first-order valence-electron chi connectivity index (χ1n) is 10.3. The van der Waals surface area contributed by atoms with E-state index in [1.807, 2.05) is 31.2 Å². The van der Waals surface area contributed by atoms with Gasteiger partial charge in [-0.3, -0.25) is 0 Å². The average molecular weight is 448 g/mol. The molecule has 2 aromatic heterocycles. The molecule has 1 N–H and O–H groups in total. The summed E-state index contributed by atoms with van der Waals surface area (Å²) in [4.78, 5) is 17.0. The number of fused-ring (bicyclic) bond motifs is 2. The Balaban J connectivity index is 1.68. The molecule has 7 heteroatoms. The molecule has 0 bridgehead atoms. The number of carboxylic acids is 1. The van der Waals surface area contributed by atoms with Crippen molar-refractivity contribution >= 4 is 40.1 Å². The largest absolute Gasteiger partial charge is 0.478 e. The third kappa shape index (κ3) is 3.37. The van der Waals surface area contributed by atoms with Gasteiger partial charge in [0, 0.05) is 10.9 Å². The molecular formula is C25H19ClFN3O2. The number of aromatic carboxylic acids is 1. The highest BCUT2D eigenvalue weighted by molar-refractivity contribution is 6.31. The second kappa shape index (κ2) is 7.88. The minimum atomic E-state index is -0.945. The Morgan fingerprint density at radius 1 is 1.16 bits per heavy atom. The van der Waals surface area contributed by atoms with Crippen LogP contribution < -0.4 is 0 Å². The van der Waals surface area contributed by atoms with E-state index in [4.69, 9.17) is 16.6 Å². The van der Waals surface area contributed by atoms with Crippen molar-refractivity contribution in [2.45, 2.75) is 26.2 Å². The Labute approximate surface area is 188 Å². The summed E-state index contributed by atoms with van der Waals surface area (Å²) in [6, 6.07) is 13.3. The number of pyridine rings is 1. The van der Waals surface area contributed by atoms with E-state index >= 15 is 0 Å². The second-order valence-electron chi connectivity index (χ2n) is 7.84. The van der Waals surface area contributed by atoms with Crippen molar-refractivity contribution in [1.29, 1.82) is 0 Å². The van der Waals surface area contributed by atoms with Gasteiger partial charge in [-0.2, -0.15) is 5.10 Å². The monoisotopic (exact) mass is 447 g/mol. The summed E-state index contributed by atoms with van der Waals surface area (Å²) in [6.07, 6.45) is 4.20. The standard InChI is InChI=1S/C25H19ClFN3O2/c1-14-20(24(26)30(29-14)17-11-9-16(27)10-12-17)13-15-5-4-7-19-22(25(31)32)18-6-2-3-8-21(18)28-23(15)19/h2-3,6,8-13H,4-5,7H2,1H3,(H,31,32). The smallest absolute Gasteiger partial charge is 0.336 e. The predicted molar refractivity (Wildman–Crippen MR) is 123 cm³/mol. The molecule has 160 valence electrons. The molecule has 0 radical (unpaired) electrons. The van der Waals surface area contributed by atoms with Crippen LogP contribution in [0, 0.1) is 12.7 Å². The van der Waals surface area contributed by atoms with Gasteiger partial charge in [0.15, 0.2) is 0 Å². The SMILES string of the molecule is Cc1nn(-c2ccc(F)cc2)c(Cl)c1C=C1CCCc2c1nc1ccccc1c2C(=O)O. The molecule has 0 amide bonds. The zero-order chi connectivity index (χ0) is 22.4. The van der Waals surface area contributed by atoms with Crippen LogP contribution in [0.1, 0.15) is 45.7 Å². The van der Waals surface area contributed by atoms with Crippen LogP contribution in [0.15, 0.2) is 48.5 Å². The normalized spacial score (nSPS) is 14.7. The van der Waals surface area contributed by atoms with Gasteiger partial charge in [0.2, 0.25) is 0 Å². The minimum absolute atomic E-state index is 0.320. The number of benzene rings is 2. The van der Waals surface area contributed by atoms with Crippen molar-refractivity contribution in [3.63, 3.8) is 0 Å². The number of nitrogens with zero attached hydrogens (tertiary/aromatic N) is 3. The number of para-hydroxylation sites is 1. The molecule has 1 aliphatic rings. The molecule has 1 aliphatic carbocycles. The van der Waals surface area contributed by atoms with Crippen LogP contribution in [0.2, 0.25) is 5.15 Å². The highest BCUT2D eigenvalue weighted by Crippen LogP contribution is 2.37. The molecule has 5 nitrogen and oxygen atoms in total. The zero-order valence-electron chi connectivity index (χ0n) is 17.3. The summed E-state index contributed by atoms with van der Waals surface area (Å²) in [5.41, 5.74) is 5.49. The number of halogens is 2. The zero-order valence-corrected chi connectivity index (χ0v) is 18.0. The van der Waals surface area contributed by atoms with Gasteiger partial charge in [0.1, 0.15) is 11.0 Å². The summed E-state index contributed by atoms with van der Waals surface area (Å²) >= 11 is 6.67. The fourth-order valence-electron chi connectivity index (χ4n) is 4.32. The summed E-state index contributed by atoms with van der Waals surface area (Å²) in [5.74, 6) is -1.28. The van der Waals surface area contributed by atoms with Crippen LogP contribution >= 0.6 is 11.6 Å². The van der Waals surface area contributed by atoms with Gasteiger partial charge in [0.25, 0.3) is 0 Å². The number of rotatable bonds is 3. The molecule has 0 fully saturated rings. The van der Waals surface area contributed by atoms with Crippen molar-refractivity contribution in [1.82, 2.24) is 14.8 Å². The molecule has 2 aromatic carbocycles. The van der Waals surface area contributed by atoms with E-state index in [1.165, 1.54) is 12.1 Å². The number of aryl methyl sites for hydroxylation is 1. The molecule has 32 heavy (non-hydrogen) atoms. The molecule has 0 aliphatic heterocycles. The number of carboxylic acid groups (broad SMARTS) is 1. The predicted octanol–water partition coefficient (Wildman–Crippen LogP) is 6.10. The van der Waals surface area contributed by atoms with E-state index in [1.54, 1.807) is 22.9 Å². The van der Waals surface area contributed by atoms with Crippen molar-refractivity contribution < 1.29 is 14.3 Å². The van der Waals surface area contributed by atoms with Crippen molar-refractivity contribution in [3.05, 3.63) is 87.6 Å². The highest BCUT2D eigenvalue weighted by atomic mass is 35.5. The van der Waals surface area contributed by atoms with Crippen LogP contribution in [0.4, 0.5) is 4.39 Å². The van der Waals surface area contributed by atoms with Gasteiger partial charge < -0.3 is 5.11 Å². The fourth-order valence-corrected chi connectivity index (χ4v) is 4.65. The van der Waals surface area contributed by atoms with Crippen LogP contribution in [0.25, 0.3) is 28.2 Å². The lowest BCUT2D eigenvalue weighted by atomic mass is 9.86. The van der Waals surface area contributed by atoms with E-state index in [0.717, 1.165) is 35.2 Å². The van der Waals surface area contributed by atoms with E-state index in [-0.39, 0.29) is 5.82 Å². The van der Waals surface area contributed by atoms with Gasteiger partial charge in [0.05, 0.1) is 28.2 Å². The Morgan fingerprint density at radius 2 is 1.91 bits per heavy atom. The molecule has 0 atom stereocenters. The second-order valence-corrected chi connectivity index (χ2v) is 8.20. The number of allylic oxidation sites excluding steroid dienone is 1. The topological polar surface area (TPSA) is 68.0 Å². The lowest BCUT2D eigenvalue weighted by molar-refractivity contribution is 0.0697. The quantitative estimate of drug-likeness (QED) is 0.412. The van der Waals surface area contributed by atoms with Crippen LogP contribution in [-0.2, 0) is 6.42 Å². The first-order chi connectivity index (χ1) is 15.4. The number of aromatic nitrogens is 3. The van der Waals surface area contributed by atoms with E-state index in [9.17, 15) is 14.3 Å². The van der Waals surface area contributed by atoms with Crippen LogP contribution in [0.5, 0.6) is 0 Å². The van der Waals surface area contributed by atoms with Gasteiger partial charge in [-0.15, -0.1) is 0 Å². The summed E-state index contributed by atoms with van der Waals surface area (Å²) in [7, 11) is 0. The van der Waals surface area contributed by atoms with Crippen molar-refractivity contribution in [2.24, 2.45) is 0 Å². The fraction of sp³-hybridized carbons (Fsp3) is 0.160. The van der Waals surface area contributed by atoms with Crippen molar-refractivity contribution in [2.75, 3.05) is 0 Å². The molecule has 0 saturated heterocycles. The highest BCUT2D eigenvalue weighted by Gasteiger charge is 2.25. The molecule has 2 heterocycles. The minimum Gasteiger partial charge on any atom is -0.478 e. The Hall–Kier alpha value is -3.51. The first kappa shape index (κ1) is 20.4. The maximum Gasteiger partial charge on any atom is 0.336 e. The van der Waals surface area contributed by atoms with Gasteiger partial charge in [-0.05, 0) is 73.7 Å². The van der Waals surface area contributed by atoms with Crippen molar-refractivity contribution in [3.8, 4) is 5.69 Å². The average Bonchev–Trinajstić information content (AvgIpc) is 3.06. The summed E-state index contributed by atoms with van der Waals surface area (Å²) in [6.45, 7) is 1.86. The lowest BCUT2D eigenvalue weighted by Gasteiger charge is -2.21. The molecule has 4 aromatic rings. The molecule has 0 spiro atoms. The Bertz CT molecular complexity index is 1410. The third-order valence-corrected chi connectivity index (χ3v) is 6.19. The Morgan fingerprint density at radius 3 is 2.66 bits per heavy atom. The molecule has 5 rings (SSSR count). The van der Waals surface area contributed by atoms with Crippen LogP contribution in [-0.4, -0.2) is 25.8 Å². The van der Waals surface area contributed by atoms with E-state index < -0.39 is 5.97 Å².